The van der Waals surface area contributed by atoms with Crippen LogP contribution in [0.25, 0.3) is 6.08 Å². The number of nitrogens with zero attached hydrogens (tertiary/aromatic N) is 1. The van der Waals surface area contributed by atoms with E-state index in [9.17, 15) is 9.59 Å². The monoisotopic (exact) mass is 247 g/mol. The van der Waals surface area contributed by atoms with Crippen LogP contribution in [0.5, 0.6) is 0 Å². The fraction of sp³-hybridized carbons (Fsp3) is 0.0833. The number of carbonyl (C=O) groups excluding carboxylic acids is 2. The Hall–Kier alpha value is -2.63. The summed E-state index contributed by atoms with van der Waals surface area (Å²) < 4.78 is 4.78. The number of hydrogen-bond acceptors (Lipinski definition) is 4. The van der Waals surface area contributed by atoms with Crippen molar-refractivity contribution >= 4 is 24.0 Å². The fourth-order valence-electron chi connectivity index (χ4n) is 1.08. The van der Waals surface area contributed by atoms with Crippen molar-refractivity contribution in [1.29, 1.82) is 0 Å². The number of rotatable bonds is 3. The van der Waals surface area contributed by atoms with Crippen LogP contribution < -0.4 is 11.2 Å². The number of urea groups is 1. The third kappa shape index (κ3) is 5.45. The van der Waals surface area contributed by atoms with Gasteiger partial charge < -0.3 is 10.5 Å². The van der Waals surface area contributed by atoms with E-state index in [1.54, 1.807) is 6.08 Å². The minimum absolute atomic E-state index is 0.0508. The lowest BCUT2D eigenvalue weighted by Gasteiger charge is -2.00. The molecule has 0 aliphatic heterocycles. The molecule has 0 fully saturated rings. The number of ether oxygens (including phenoxy) is 1. The van der Waals surface area contributed by atoms with Crippen LogP contribution in [0.2, 0.25) is 0 Å². The maximum absolute atomic E-state index is 10.8. The first-order chi connectivity index (χ1) is 8.58. The molecule has 0 saturated carbocycles. The maximum Gasteiger partial charge on any atom is 0.332 e. The molecule has 0 aliphatic rings. The number of hydrazone groups is 1. The van der Waals surface area contributed by atoms with Crippen LogP contribution in [0.1, 0.15) is 12.5 Å². The number of benzene rings is 1. The van der Waals surface area contributed by atoms with E-state index in [0.29, 0.717) is 0 Å². The Morgan fingerprint density at radius 3 is 2.56 bits per heavy atom. The van der Waals surface area contributed by atoms with Crippen molar-refractivity contribution in [2.45, 2.75) is 6.92 Å². The second kappa shape index (κ2) is 6.85. The zero-order valence-corrected chi connectivity index (χ0v) is 9.79. The van der Waals surface area contributed by atoms with Gasteiger partial charge in [-0.3, -0.25) is 4.79 Å². The van der Waals surface area contributed by atoms with Crippen LogP contribution in [0, 0.1) is 0 Å². The summed E-state index contributed by atoms with van der Waals surface area (Å²) in [6, 6.07) is 8.50. The lowest BCUT2D eigenvalue weighted by molar-refractivity contribution is -0.132. The summed E-state index contributed by atoms with van der Waals surface area (Å²) in [7, 11) is 0. The molecule has 1 aromatic rings. The molecule has 0 unspecified atom stereocenters. The van der Waals surface area contributed by atoms with Gasteiger partial charge in [0.2, 0.25) is 5.90 Å². The Balaban J connectivity index is 2.78. The molecule has 2 amide bonds. The van der Waals surface area contributed by atoms with Crippen molar-refractivity contribution in [1.82, 2.24) is 5.43 Å². The van der Waals surface area contributed by atoms with Gasteiger partial charge in [-0.05, 0) is 11.6 Å². The van der Waals surface area contributed by atoms with Crippen molar-refractivity contribution in [3.63, 3.8) is 0 Å². The number of carbonyl (C=O) groups is 2. The molecule has 0 spiro atoms. The zero-order valence-electron chi connectivity index (χ0n) is 9.79. The molecule has 1 rings (SSSR count). The van der Waals surface area contributed by atoms with Gasteiger partial charge in [-0.1, -0.05) is 30.3 Å². The van der Waals surface area contributed by atoms with Crippen LogP contribution in [0.3, 0.4) is 0 Å². The van der Waals surface area contributed by atoms with Crippen LogP contribution >= 0.6 is 0 Å². The van der Waals surface area contributed by atoms with Crippen LogP contribution in [-0.4, -0.2) is 17.9 Å². The van der Waals surface area contributed by atoms with E-state index in [4.69, 9.17) is 10.5 Å². The SMILES string of the molecule is CC(=O)OC(/C=C/c1ccccc1)=N/NC(N)=O. The molecule has 3 N–H and O–H groups in total. The normalized spacial score (nSPS) is 11.3. The van der Waals surface area contributed by atoms with Crippen molar-refractivity contribution in [3.05, 3.63) is 42.0 Å². The largest absolute Gasteiger partial charge is 0.406 e. The summed E-state index contributed by atoms with van der Waals surface area (Å²) in [4.78, 5) is 21.3. The average molecular weight is 247 g/mol. The first-order valence-corrected chi connectivity index (χ1v) is 5.12. The second-order valence-corrected chi connectivity index (χ2v) is 3.26. The van der Waals surface area contributed by atoms with Crippen LogP contribution in [0.15, 0.2) is 41.5 Å². The van der Waals surface area contributed by atoms with Gasteiger partial charge in [0.05, 0.1) is 0 Å². The molecule has 94 valence electrons. The van der Waals surface area contributed by atoms with Gasteiger partial charge in [-0.2, -0.15) is 0 Å². The van der Waals surface area contributed by atoms with Gasteiger partial charge in [0, 0.05) is 13.0 Å². The molecule has 0 saturated heterocycles. The van der Waals surface area contributed by atoms with Gasteiger partial charge >= 0.3 is 12.0 Å². The van der Waals surface area contributed by atoms with E-state index in [0.717, 1.165) is 5.56 Å². The van der Waals surface area contributed by atoms with Gasteiger partial charge in [0.1, 0.15) is 0 Å². The molecule has 0 heterocycles. The lowest BCUT2D eigenvalue weighted by Crippen LogP contribution is -2.26. The Bertz CT molecular complexity index is 481. The zero-order chi connectivity index (χ0) is 13.4. The second-order valence-electron chi connectivity index (χ2n) is 3.26. The van der Waals surface area contributed by atoms with Gasteiger partial charge in [0.25, 0.3) is 0 Å². The fourth-order valence-corrected chi connectivity index (χ4v) is 1.08. The molecule has 0 radical (unpaired) electrons. The molecule has 0 aliphatic carbocycles. The van der Waals surface area contributed by atoms with Gasteiger partial charge in [0.15, 0.2) is 0 Å². The highest BCUT2D eigenvalue weighted by atomic mass is 16.5. The number of amides is 2. The Kier molecular flexibility index (Phi) is 5.11. The molecule has 0 atom stereocenters. The molecular formula is C12H13N3O3. The Labute approximate surface area is 104 Å². The highest BCUT2D eigenvalue weighted by Crippen LogP contribution is 2.01. The van der Waals surface area contributed by atoms with Crippen molar-refractivity contribution in [2.75, 3.05) is 0 Å². The summed E-state index contributed by atoms with van der Waals surface area (Å²) in [5, 5.41) is 3.54. The number of nitrogens with two attached hydrogens (primary N) is 1. The van der Waals surface area contributed by atoms with E-state index in [1.807, 2.05) is 35.8 Å². The lowest BCUT2D eigenvalue weighted by atomic mass is 10.2. The molecule has 6 heteroatoms. The third-order valence-corrected chi connectivity index (χ3v) is 1.74. The van der Waals surface area contributed by atoms with Gasteiger partial charge in [-0.15, -0.1) is 5.10 Å². The summed E-state index contributed by atoms with van der Waals surface area (Å²) in [5.74, 6) is -0.595. The number of esters is 1. The number of primary amides is 1. The van der Waals surface area contributed by atoms with E-state index in [1.165, 1.54) is 13.0 Å². The topological polar surface area (TPSA) is 93.8 Å². The Morgan fingerprint density at radius 1 is 1.33 bits per heavy atom. The molecular weight excluding hydrogens is 234 g/mol. The predicted molar refractivity (Wildman–Crippen MR) is 67.4 cm³/mol. The smallest absolute Gasteiger partial charge is 0.332 e. The summed E-state index contributed by atoms with van der Waals surface area (Å²) in [6.45, 7) is 1.23. The van der Waals surface area contributed by atoms with E-state index < -0.39 is 12.0 Å². The van der Waals surface area contributed by atoms with Crippen LogP contribution in [-0.2, 0) is 9.53 Å². The highest BCUT2D eigenvalue weighted by molar-refractivity contribution is 5.98. The average Bonchev–Trinajstić information content (AvgIpc) is 2.33. The number of hydrogen-bond donors (Lipinski definition) is 2. The minimum atomic E-state index is -0.840. The maximum atomic E-state index is 10.8. The molecule has 6 nitrogen and oxygen atoms in total. The van der Waals surface area contributed by atoms with Crippen LogP contribution in [0.4, 0.5) is 4.79 Å². The first-order valence-electron chi connectivity index (χ1n) is 5.12. The van der Waals surface area contributed by atoms with E-state index in [-0.39, 0.29) is 5.90 Å². The Morgan fingerprint density at radius 2 is 2.00 bits per heavy atom. The number of nitrogens with one attached hydrogen (secondary N) is 1. The van der Waals surface area contributed by atoms with Gasteiger partial charge in [-0.25, -0.2) is 10.2 Å². The molecule has 0 aromatic heterocycles. The minimum Gasteiger partial charge on any atom is -0.406 e. The van der Waals surface area contributed by atoms with Crippen molar-refractivity contribution in [3.8, 4) is 0 Å². The first kappa shape index (κ1) is 13.4. The quantitative estimate of drug-likeness (QED) is 0.364. The third-order valence-electron chi connectivity index (χ3n) is 1.74. The summed E-state index contributed by atoms with van der Waals surface area (Å²) in [6.07, 6.45) is 3.14. The van der Waals surface area contributed by atoms with E-state index >= 15 is 0 Å². The predicted octanol–water partition coefficient (Wildman–Crippen LogP) is 1.24. The van der Waals surface area contributed by atoms with Crippen molar-refractivity contribution < 1.29 is 14.3 Å². The standard InChI is InChI=1S/C12H13N3O3/c1-9(16)18-11(14-15-12(13)17)8-7-10-5-3-2-4-6-10/h2-8H,1H3,(H3,13,15,17)/b8-7+,14-11+. The highest BCUT2D eigenvalue weighted by Gasteiger charge is 2.00. The van der Waals surface area contributed by atoms with E-state index in [2.05, 4.69) is 5.10 Å². The molecule has 1 aromatic carbocycles. The summed E-state index contributed by atoms with van der Waals surface area (Å²) in [5.41, 5.74) is 7.74. The summed E-state index contributed by atoms with van der Waals surface area (Å²) >= 11 is 0. The van der Waals surface area contributed by atoms with Crippen molar-refractivity contribution in [2.24, 2.45) is 10.8 Å². The molecule has 18 heavy (non-hydrogen) atoms. The molecule has 0 bridgehead atoms.